The van der Waals surface area contributed by atoms with Crippen molar-refractivity contribution >= 4 is 45.2 Å². The molecule has 0 unspecified atom stereocenters. The summed E-state index contributed by atoms with van der Waals surface area (Å²) in [5.41, 5.74) is -4.03. The predicted molar refractivity (Wildman–Crippen MR) is 72.9 cm³/mol. The molecule has 100 valence electrons. The van der Waals surface area contributed by atoms with Gasteiger partial charge in [0.15, 0.2) is 5.78 Å². The van der Waals surface area contributed by atoms with E-state index < -0.39 is 5.51 Å². The molecule has 0 fully saturated rings. The van der Waals surface area contributed by atoms with Gasteiger partial charge in [-0.05, 0) is 30.2 Å². The zero-order valence-electron chi connectivity index (χ0n) is 9.38. The predicted octanol–water partition coefficient (Wildman–Crippen LogP) is 4.99. The van der Waals surface area contributed by atoms with E-state index in [1.54, 1.807) is 18.4 Å². The van der Waals surface area contributed by atoms with Crippen LogP contribution in [0.15, 0.2) is 28.0 Å². The van der Waals surface area contributed by atoms with Crippen LogP contribution in [0.25, 0.3) is 0 Å². The highest BCUT2D eigenvalue weighted by Gasteiger charge is 2.30. The van der Waals surface area contributed by atoms with Crippen LogP contribution in [0.5, 0.6) is 0 Å². The van der Waals surface area contributed by atoms with Crippen LogP contribution in [0.1, 0.15) is 16.8 Å². The summed E-state index contributed by atoms with van der Waals surface area (Å²) in [6, 6.07) is 4.44. The standard InChI is InChI=1S/C11H10BrF3OS2/c1-17-9-3-2-7(8(16)4-5-12)6-10(9)18-11(13,14)15/h2-3,6H,4-5H2,1H3. The van der Waals surface area contributed by atoms with E-state index in [4.69, 9.17) is 0 Å². The van der Waals surface area contributed by atoms with Crippen molar-refractivity contribution in [2.45, 2.75) is 21.7 Å². The first-order valence-electron chi connectivity index (χ1n) is 4.90. The number of ketones is 1. The number of carbonyl (C=O) groups is 1. The molecule has 0 aliphatic carbocycles. The highest BCUT2D eigenvalue weighted by atomic mass is 79.9. The Morgan fingerprint density at radius 1 is 1.33 bits per heavy atom. The van der Waals surface area contributed by atoms with E-state index in [0.29, 0.717) is 15.8 Å². The first kappa shape index (κ1) is 15.9. The van der Waals surface area contributed by atoms with Gasteiger partial charge >= 0.3 is 5.51 Å². The summed E-state index contributed by atoms with van der Waals surface area (Å²) in [5.74, 6) is -0.163. The molecule has 0 spiro atoms. The summed E-state index contributed by atoms with van der Waals surface area (Å²) >= 11 is 4.18. The van der Waals surface area contributed by atoms with Gasteiger partial charge in [0.05, 0.1) is 0 Å². The second-order valence-electron chi connectivity index (χ2n) is 3.28. The SMILES string of the molecule is CSc1ccc(C(=O)CCBr)cc1SC(F)(F)F. The fourth-order valence-electron chi connectivity index (χ4n) is 1.28. The zero-order chi connectivity index (χ0) is 13.8. The van der Waals surface area contributed by atoms with Crippen molar-refractivity contribution in [2.75, 3.05) is 11.6 Å². The molecule has 1 nitrogen and oxygen atoms in total. The summed E-state index contributed by atoms with van der Waals surface area (Å²) < 4.78 is 37.2. The highest BCUT2D eigenvalue weighted by Crippen LogP contribution is 2.41. The number of rotatable bonds is 5. The highest BCUT2D eigenvalue weighted by molar-refractivity contribution is 9.09. The molecule has 0 bridgehead atoms. The summed E-state index contributed by atoms with van der Waals surface area (Å²) in [7, 11) is 0. The summed E-state index contributed by atoms with van der Waals surface area (Å²) in [6.07, 6.45) is 1.98. The van der Waals surface area contributed by atoms with E-state index in [1.807, 2.05) is 0 Å². The van der Waals surface area contributed by atoms with Crippen LogP contribution in [0.2, 0.25) is 0 Å². The molecule has 0 saturated heterocycles. The third-order valence-corrected chi connectivity index (χ3v) is 4.14. The largest absolute Gasteiger partial charge is 0.446 e. The number of hydrogen-bond acceptors (Lipinski definition) is 3. The topological polar surface area (TPSA) is 17.1 Å². The number of thioether (sulfide) groups is 2. The molecule has 0 atom stereocenters. The van der Waals surface area contributed by atoms with E-state index in [9.17, 15) is 18.0 Å². The Bertz CT molecular complexity index is 435. The number of benzene rings is 1. The number of carbonyl (C=O) groups excluding carboxylic acids is 1. The molecular formula is C11H10BrF3OS2. The minimum Gasteiger partial charge on any atom is -0.294 e. The van der Waals surface area contributed by atoms with Gasteiger partial charge in [-0.1, -0.05) is 22.0 Å². The Morgan fingerprint density at radius 2 is 2.00 bits per heavy atom. The number of hydrogen-bond donors (Lipinski definition) is 0. The Hall–Kier alpha value is -0.140. The van der Waals surface area contributed by atoms with Crippen molar-refractivity contribution in [2.24, 2.45) is 0 Å². The maximum Gasteiger partial charge on any atom is 0.446 e. The van der Waals surface area contributed by atoms with Gasteiger partial charge in [0.1, 0.15) is 0 Å². The molecule has 0 radical (unpaired) electrons. The summed E-state index contributed by atoms with van der Waals surface area (Å²) in [5, 5.41) is 0.498. The van der Waals surface area contributed by atoms with Crippen LogP contribution in [0.3, 0.4) is 0 Å². The monoisotopic (exact) mass is 358 g/mol. The summed E-state index contributed by atoms with van der Waals surface area (Å²) in [4.78, 5) is 12.2. The first-order valence-corrected chi connectivity index (χ1v) is 8.06. The van der Waals surface area contributed by atoms with Crippen molar-refractivity contribution in [1.29, 1.82) is 0 Å². The molecule has 0 aromatic heterocycles. The Morgan fingerprint density at radius 3 is 2.50 bits per heavy atom. The molecule has 7 heteroatoms. The second-order valence-corrected chi connectivity index (χ2v) is 6.02. The van der Waals surface area contributed by atoms with E-state index in [2.05, 4.69) is 15.9 Å². The van der Waals surface area contributed by atoms with Crippen molar-refractivity contribution in [3.63, 3.8) is 0 Å². The van der Waals surface area contributed by atoms with Gasteiger partial charge in [-0.25, -0.2) is 0 Å². The molecule has 0 aliphatic rings. The minimum atomic E-state index is -4.35. The lowest BCUT2D eigenvalue weighted by atomic mass is 10.1. The average Bonchev–Trinajstić information content (AvgIpc) is 2.27. The van der Waals surface area contributed by atoms with Crippen LogP contribution in [0.4, 0.5) is 13.2 Å². The lowest BCUT2D eigenvalue weighted by molar-refractivity contribution is -0.0329. The number of halogens is 4. The van der Waals surface area contributed by atoms with Crippen LogP contribution >= 0.6 is 39.5 Å². The van der Waals surface area contributed by atoms with Gasteiger partial charge in [-0.3, -0.25) is 4.79 Å². The van der Waals surface area contributed by atoms with Crippen molar-refractivity contribution in [3.05, 3.63) is 23.8 Å². The van der Waals surface area contributed by atoms with Gasteiger partial charge in [-0.2, -0.15) is 13.2 Å². The molecule has 1 aromatic carbocycles. The molecule has 1 aromatic rings. The van der Waals surface area contributed by atoms with Crippen LogP contribution < -0.4 is 0 Å². The maximum absolute atomic E-state index is 12.4. The fraction of sp³-hybridized carbons (Fsp3) is 0.364. The Labute approximate surface area is 120 Å². The lowest BCUT2D eigenvalue weighted by Crippen LogP contribution is -2.03. The van der Waals surface area contributed by atoms with Gasteiger partial charge in [-0.15, -0.1) is 11.8 Å². The summed E-state index contributed by atoms with van der Waals surface area (Å²) in [6.45, 7) is 0. The van der Waals surface area contributed by atoms with Crippen molar-refractivity contribution < 1.29 is 18.0 Å². The Kier molecular flexibility index (Phi) is 6.07. The zero-order valence-corrected chi connectivity index (χ0v) is 12.6. The van der Waals surface area contributed by atoms with Gasteiger partial charge < -0.3 is 0 Å². The van der Waals surface area contributed by atoms with Crippen LogP contribution in [0, 0.1) is 0 Å². The van der Waals surface area contributed by atoms with Crippen LogP contribution in [-0.4, -0.2) is 22.9 Å². The molecule has 1 rings (SSSR count). The molecule has 0 N–H and O–H groups in total. The molecule has 0 saturated carbocycles. The third kappa shape index (κ3) is 4.85. The number of Topliss-reactive ketones (excluding diaryl/α,β-unsaturated/α-hetero) is 1. The second kappa shape index (κ2) is 6.86. The maximum atomic E-state index is 12.4. The smallest absolute Gasteiger partial charge is 0.294 e. The number of alkyl halides is 4. The molecule has 0 heterocycles. The molecule has 18 heavy (non-hydrogen) atoms. The van der Waals surface area contributed by atoms with E-state index >= 15 is 0 Å². The quantitative estimate of drug-likeness (QED) is 0.419. The Balaban J connectivity index is 3.05. The first-order chi connectivity index (χ1) is 8.37. The normalized spacial score (nSPS) is 11.6. The van der Waals surface area contributed by atoms with Crippen LogP contribution in [-0.2, 0) is 0 Å². The molecule has 0 amide bonds. The van der Waals surface area contributed by atoms with Crippen molar-refractivity contribution in [3.8, 4) is 0 Å². The third-order valence-electron chi connectivity index (χ3n) is 2.03. The van der Waals surface area contributed by atoms with E-state index in [-0.39, 0.29) is 28.9 Å². The van der Waals surface area contributed by atoms with E-state index in [0.717, 1.165) is 0 Å². The fourth-order valence-corrected chi connectivity index (χ4v) is 3.09. The van der Waals surface area contributed by atoms with Gasteiger partial charge in [0.25, 0.3) is 0 Å². The van der Waals surface area contributed by atoms with Gasteiger partial charge in [0, 0.05) is 27.1 Å². The van der Waals surface area contributed by atoms with Crippen molar-refractivity contribution in [1.82, 2.24) is 0 Å². The molecule has 0 aliphatic heterocycles. The lowest BCUT2D eigenvalue weighted by Gasteiger charge is -2.11. The molecular weight excluding hydrogens is 349 g/mol. The van der Waals surface area contributed by atoms with Gasteiger partial charge in [0.2, 0.25) is 0 Å². The minimum absolute atomic E-state index is 0.0791. The average molecular weight is 359 g/mol. The van der Waals surface area contributed by atoms with E-state index in [1.165, 1.54) is 17.8 Å².